The molecule has 0 bridgehead atoms. The van der Waals surface area contributed by atoms with Crippen LogP contribution in [-0.2, 0) is 21.2 Å². The Labute approximate surface area is 106 Å². The third-order valence-corrected chi connectivity index (χ3v) is 4.34. The van der Waals surface area contributed by atoms with E-state index in [1.807, 2.05) is 6.92 Å². The summed E-state index contributed by atoms with van der Waals surface area (Å²) in [4.78, 5) is 19.8. The lowest BCUT2D eigenvalue weighted by Gasteiger charge is -2.11. The van der Waals surface area contributed by atoms with Crippen LogP contribution in [0.2, 0.25) is 0 Å². The first kappa shape index (κ1) is 13.0. The summed E-state index contributed by atoms with van der Waals surface area (Å²) in [6.07, 6.45) is 2.38. The molecule has 0 spiro atoms. The van der Waals surface area contributed by atoms with Crippen LogP contribution in [0.1, 0.15) is 19.2 Å². The van der Waals surface area contributed by atoms with Gasteiger partial charge in [-0.2, -0.15) is 4.72 Å². The SMILES string of the molecule is CCc1ncc(S(=O)(=O)NC2CCN(C)C2=O)[nH]1. The van der Waals surface area contributed by atoms with E-state index in [-0.39, 0.29) is 10.9 Å². The van der Waals surface area contributed by atoms with Crippen molar-refractivity contribution in [3.05, 3.63) is 12.0 Å². The molecule has 18 heavy (non-hydrogen) atoms. The summed E-state index contributed by atoms with van der Waals surface area (Å²) < 4.78 is 26.4. The number of likely N-dealkylation sites (N-methyl/N-ethyl adjacent to an activating group) is 1. The van der Waals surface area contributed by atoms with Gasteiger partial charge in [-0.15, -0.1) is 0 Å². The van der Waals surface area contributed by atoms with Gasteiger partial charge >= 0.3 is 0 Å². The molecular weight excluding hydrogens is 256 g/mol. The summed E-state index contributed by atoms with van der Waals surface area (Å²) in [7, 11) is -2.05. The first-order valence-corrected chi connectivity index (χ1v) is 7.23. The summed E-state index contributed by atoms with van der Waals surface area (Å²) in [5.41, 5.74) is 0. The number of sulfonamides is 1. The monoisotopic (exact) mass is 272 g/mol. The molecule has 0 aliphatic carbocycles. The lowest BCUT2D eigenvalue weighted by molar-refractivity contribution is -0.127. The van der Waals surface area contributed by atoms with E-state index in [1.54, 1.807) is 7.05 Å². The normalized spacial score (nSPS) is 20.7. The minimum atomic E-state index is -3.70. The van der Waals surface area contributed by atoms with Crippen molar-refractivity contribution >= 4 is 15.9 Å². The number of carbonyl (C=O) groups excluding carboxylic acids is 1. The molecule has 100 valence electrons. The van der Waals surface area contributed by atoms with E-state index in [9.17, 15) is 13.2 Å². The Morgan fingerprint density at radius 3 is 2.83 bits per heavy atom. The van der Waals surface area contributed by atoms with E-state index in [0.717, 1.165) is 0 Å². The van der Waals surface area contributed by atoms with Gasteiger partial charge in [0.1, 0.15) is 11.9 Å². The fraction of sp³-hybridized carbons (Fsp3) is 0.600. The average Bonchev–Trinajstić information content (AvgIpc) is 2.91. The smallest absolute Gasteiger partial charge is 0.258 e. The molecule has 1 amide bonds. The first-order chi connectivity index (χ1) is 8.44. The number of rotatable bonds is 4. The van der Waals surface area contributed by atoms with Crippen LogP contribution in [0.4, 0.5) is 0 Å². The lowest BCUT2D eigenvalue weighted by atomic mass is 10.3. The van der Waals surface area contributed by atoms with Gasteiger partial charge in [0, 0.05) is 20.0 Å². The molecule has 1 aliphatic rings. The van der Waals surface area contributed by atoms with Crippen LogP contribution in [0, 0.1) is 0 Å². The van der Waals surface area contributed by atoms with Gasteiger partial charge in [0.05, 0.1) is 6.20 Å². The number of aryl methyl sites for hydroxylation is 1. The molecule has 0 saturated carbocycles. The van der Waals surface area contributed by atoms with Crippen LogP contribution >= 0.6 is 0 Å². The number of nitrogens with one attached hydrogen (secondary N) is 2. The van der Waals surface area contributed by atoms with Crippen LogP contribution in [0.25, 0.3) is 0 Å². The number of aromatic nitrogens is 2. The van der Waals surface area contributed by atoms with E-state index in [2.05, 4.69) is 14.7 Å². The van der Waals surface area contributed by atoms with Crippen molar-refractivity contribution in [3.63, 3.8) is 0 Å². The maximum atomic E-state index is 12.0. The molecule has 1 aromatic heterocycles. The minimum absolute atomic E-state index is 0.00158. The van der Waals surface area contributed by atoms with Gasteiger partial charge in [-0.05, 0) is 6.42 Å². The Morgan fingerprint density at radius 1 is 1.61 bits per heavy atom. The van der Waals surface area contributed by atoms with Crippen LogP contribution in [0.5, 0.6) is 0 Å². The van der Waals surface area contributed by atoms with Crippen molar-refractivity contribution in [2.45, 2.75) is 30.8 Å². The maximum Gasteiger partial charge on any atom is 0.258 e. The Balaban J connectivity index is 2.15. The molecule has 0 radical (unpaired) electrons. The van der Waals surface area contributed by atoms with Gasteiger partial charge in [0.15, 0.2) is 5.03 Å². The zero-order valence-corrected chi connectivity index (χ0v) is 11.1. The van der Waals surface area contributed by atoms with E-state index in [0.29, 0.717) is 25.2 Å². The second kappa shape index (κ2) is 4.69. The summed E-state index contributed by atoms with van der Waals surface area (Å²) in [5, 5.41) is 0.00158. The van der Waals surface area contributed by atoms with E-state index < -0.39 is 16.1 Å². The van der Waals surface area contributed by atoms with Gasteiger partial charge in [-0.1, -0.05) is 6.92 Å². The molecule has 8 heteroatoms. The van der Waals surface area contributed by atoms with E-state index >= 15 is 0 Å². The Morgan fingerprint density at radius 2 is 2.33 bits per heavy atom. The predicted octanol–water partition coefficient (Wildman–Crippen LogP) is -0.519. The molecule has 2 N–H and O–H groups in total. The van der Waals surface area contributed by atoms with Crippen LogP contribution in [0.3, 0.4) is 0 Å². The fourth-order valence-corrected chi connectivity index (χ4v) is 3.01. The molecule has 0 aromatic carbocycles. The highest BCUT2D eigenvalue weighted by atomic mass is 32.2. The first-order valence-electron chi connectivity index (χ1n) is 5.75. The maximum absolute atomic E-state index is 12.0. The number of likely N-dealkylation sites (tertiary alicyclic amines) is 1. The molecule has 1 unspecified atom stereocenters. The van der Waals surface area contributed by atoms with Gasteiger partial charge in [0.25, 0.3) is 10.0 Å². The molecule has 1 aromatic rings. The molecular formula is C10H16N4O3S. The second-order valence-corrected chi connectivity index (χ2v) is 5.95. The van der Waals surface area contributed by atoms with Crippen molar-refractivity contribution in [3.8, 4) is 0 Å². The number of hydrogen-bond acceptors (Lipinski definition) is 4. The quantitative estimate of drug-likeness (QED) is 0.771. The van der Waals surface area contributed by atoms with Gasteiger partial charge in [-0.25, -0.2) is 13.4 Å². The molecule has 2 heterocycles. The Hall–Kier alpha value is -1.41. The van der Waals surface area contributed by atoms with Crippen molar-refractivity contribution in [2.24, 2.45) is 0 Å². The number of hydrogen-bond donors (Lipinski definition) is 2. The van der Waals surface area contributed by atoms with Crippen LogP contribution in [-0.4, -0.2) is 48.8 Å². The number of imidazole rings is 1. The zero-order chi connectivity index (χ0) is 13.3. The Bertz CT molecular complexity index is 551. The predicted molar refractivity (Wildman–Crippen MR) is 64.3 cm³/mol. The average molecular weight is 272 g/mol. The van der Waals surface area contributed by atoms with Gasteiger partial charge < -0.3 is 9.88 Å². The highest BCUT2D eigenvalue weighted by Crippen LogP contribution is 2.13. The van der Waals surface area contributed by atoms with Crippen molar-refractivity contribution in [1.82, 2.24) is 19.6 Å². The topological polar surface area (TPSA) is 95.2 Å². The van der Waals surface area contributed by atoms with Crippen LogP contribution < -0.4 is 4.72 Å². The molecule has 1 aliphatic heterocycles. The molecule has 1 saturated heterocycles. The second-order valence-electron chi connectivity index (χ2n) is 4.27. The third kappa shape index (κ3) is 2.39. The number of H-pyrrole nitrogens is 1. The number of nitrogens with zero attached hydrogens (tertiary/aromatic N) is 2. The molecule has 2 rings (SSSR count). The number of amides is 1. The number of aromatic amines is 1. The lowest BCUT2D eigenvalue weighted by Crippen LogP contribution is -2.40. The van der Waals surface area contributed by atoms with Crippen molar-refractivity contribution in [1.29, 1.82) is 0 Å². The fourth-order valence-electron chi connectivity index (χ4n) is 1.84. The zero-order valence-electron chi connectivity index (χ0n) is 10.3. The highest BCUT2D eigenvalue weighted by molar-refractivity contribution is 7.89. The van der Waals surface area contributed by atoms with E-state index in [1.165, 1.54) is 11.1 Å². The standard InChI is InChI=1S/C10H16N4O3S/c1-3-8-11-6-9(12-8)18(16,17)13-7-4-5-14(2)10(7)15/h6-7,13H,3-5H2,1-2H3,(H,11,12). The molecule has 7 nitrogen and oxygen atoms in total. The summed E-state index contributed by atoms with van der Waals surface area (Å²) >= 11 is 0. The summed E-state index contributed by atoms with van der Waals surface area (Å²) in [6, 6.07) is -0.673. The largest absolute Gasteiger partial charge is 0.344 e. The number of carbonyl (C=O) groups is 1. The van der Waals surface area contributed by atoms with E-state index in [4.69, 9.17) is 0 Å². The molecule has 1 fully saturated rings. The van der Waals surface area contributed by atoms with Crippen LogP contribution in [0.15, 0.2) is 11.2 Å². The van der Waals surface area contributed by atoms with Crippen molar-refractivity contribution < 1.29 is 13.2 Å². The van der Waals surface area contributed by atoms with Gasteiger partial charge in [0.2, 0.25) is 5.91 Å². The summed E-state index contributed by atoms with van der Waals surface area (Å²) in [5.74, 6) is 0.402. The minimum Gasteiger partial charge on any atom is -0.344 e. The van der Waals surface area contributed by atoms with Gasteiger partial charge in [-0.3, -0.25) is 4.79 Å². The highest BCUT2D eigenvalue weighted by Gasteiger charge is 2.33. The molecule has 1 atom stereocenters. The van der Waals surface area contributed by atoms with Crippen molar-refractivity contribution in [2.75, 3.05) is 13.6 Å². The Kier molecular flexibility index (Phi) is 3.40. The third-order valence-electron chi connectivity index (χ3n) is 2.95. The summed E-state index contributed by atoms with van der Waals surface area (Å²) in [6.45, 7) is 2.44.